The van der Waals surface area contributed by atoms with E-state index in [0.29, 0.717) is 25.2 Å². The lowest BCUT2D eigenvalue weighted by atomic mass is 10.2. The van der Waals surface area contributed by atoms with Gasteiger partial charge in [0, 0.05) is 49.3 Å². The number of halogens is 1. The van der Waals surface area contributed by atoms with Crippen molar-refractivity contribution in [1.29, 1.82) is 0 Å². The molecule has 0 aromatic heterocycles. The van der Waals surface area contributed by atoms with Crippen molar-refractivity contribution in [1.82, 2.24) is 15.1 Å². The molecule has 1 saturated heterocycles. The lowest BCUT2D eigenvalue weighted by molar-refractivity contribution is 0.0147. The van der Waals surface area contributed by atoms with Crippen molar-refractivity contribution in [3.05, 3.63) is 34.3 Å². The zero-order chi connectivity index (χ0) is 18.4. The van der Waals surface area contributed by atoms with Crippen LogP contribution < -0.4 is 5.32 Å². The highest BCUT2D eigenvalue weighted by atomic mass is 79.9. The molecule has 0 unspecified atom stereocenters. The van der Waals surface area contributed by atoms with Crippen LogP contribution in [0.5, 0.6) is 0 Å². The number of ether oxygens (including phenoxy) is 1. The minimum absolute atomic E-state index is 0.0753. The molecule has 6 nitrogen and oxygen atoms in total. The number of rotatable bonds is 4. The molecule has 0 saturated carbocycles. The van der Waals surface area contributed by atoms with Crippen LogP contribution in [0.1, 0.15) is 31.1 Å². The van der Waals surface area contributed by atoms with E-state index in [1.54, 1.807) is 17.0 Å². The lowest BCUT2D eigenvalue weighted by Crippen LogP contribution is -2.51. The third kappa shape index (κ3) is 6.66. The second-order valence-corrected chi connectivity index (χ2v) is 7.99. The number of amides is 2. The lowest BCUT2D eigenvalue weighted by Gasteiger charge is -2.35. The van der Waals surface area contributed by atoms with Crippen molar-refractivity contribution in [2.75, 3.05) is 39.3 Å². The number of nitrogens with zero attached hydrogens (tertiary/aromatic N) is 2. The third-order valence-electron chi connectivity index (χ3n) is 3.82. The molecule has 0 bridgehead atoms. The van der Waals surface area contributed by atoms with Gasteiger partial charge in [-0.1, -0.05) is 22.0 Å². The van der Waals surface area contributed by atoms with E-state index in [1.165, 1.54) is 0 Å². The summed E-state index contributed by atoms with van der Waals surface area (Å²) in [4.78, 5) is 28.1. The average Bonchev–Trinajstić information content (AvgIpc) is 2.53. The highest BCUT2D eigenvalue weighted by Crippen LogP contribution is 2.12. The first kappa shape index (κ1) is 19.7. The molecule has 1 aromatic carbocycles. The third-order valence-corrected chi connectivity index (χ3v) is 4.32. The Hall–Kier alpha value is -1.60. The maximum Gasteiger partial charge on any atom is 0.410 e. The van der Waals surface area contributed by atoms with Gasteiger partial charge in [0.1, 0.15) is 5.60 Å². The molecule has 1 aromatic rings. The fraction of sp³-hybridized carbons (Fsp3) is 0.556. The van der Waals surface area contributed by atoms with Crippen molar-refractivity contribution >= 4 is 27.9 Å². The topological polar surface area (TPSA) is 61.9 Å². The quantitative estimate of drug-likeness (QED) is 0.826. The molecule has 2 amide bonds. The van der Waals surface area contributed by atoms with E-state index in [4.69, 9.17) is 4.74 Å². The summed E-state index contributed by atoms with van der Waals surface area (Å²) in [5.74, 6) is -0.0753. The molecule has 0 atom stereocenters. The van der Waals surface area contributed by atoms with Gasteiger partial charge in [-0.15, -0.1) is 0 Å². The molecule has 1 aliphatic rings. The Morgan fingerprint density at radius 3 is 2.48 bits per heavy atom. The molecule has 138 valence electrons. The Kier molecular flexibility index (Phi) is 6.84. The molecular weight excluding hydrogens is 386 g/mol. The molecule has 0 radical (unpaired) electrons. The molecule has 1 aliphatic heterocycles. The number of benzene rings is 1. The van der Waals surface area contributed by atoms with Crippen LogP contribution >= 0.6 is 15.9 Å². The van der Waals surface area contributed by atoms with Gasteiger partial charge in [-0.3, -0.25) is 9.69 Å². The predicted molar refractivity (Wildman–Crippen MR) is 101 cm³/mol. The van der Waals surface area contributed by atoms with Crippen molar-refractivity contribution in [2.24, 2.45) is 0 Å². The van der Waals surface area contributed by atoms with Crippen molar-refractivity contribution in [3.8, 4) is 0 Å². The van der Waals surface area contributed by atoms with Crippen LogP contribution in [-0.2, 0) is 4.74 Å². The zero-order valence-electron chi connectivity index (χ0n) is 15.0. The Bertz CT molecular complexity index is 608. The van der Waals surface area contributed by atoms with Gasteiger partial charge in [0.25, 0.3) is 5.91 Å². The molecule has 1 fully saturated rings. The van der Waals surface area contributed by atoms with Crippen LogP contribution in [0, 0.1) is 0 Å². The van der Waals surface area contributed by atoms with Crippen molar-refractivity contribution < 1.29 is 14.3 Å². The van der Waals surface area contributed by atoms with Crippen LogP contribution in [-0.4, -0.2) is 66.7 Å². The average molecular weight is 412 g/mol. The number of carbonyl (C=O) groups is 2. The fourth-order valence-corrected chi connectivity index (χ4v) is 2.94. The number of carbonyl (C=O) groups excluding carboxylic acids is 2. The summed E-state index contributed by atoms with van der Waals surface area (Å²) >= 11 is 3.37. The van der Waals surface area contributed by atoms with Gasteiger partial charge in [-0.2, -0.15) is 0 Å². The summed E-state index contributed by atoms with van der Waals surface area (Å²) in [7, 11) is 0. The Morgan fingerprint density at radius 2 is 1.88 bits per heavy atom. The van der Waals surface area contributed by atoms with Gasteiger partial charge in [-0.05, 0) is 39.0 Å². The molecule has 0 spiro atoms. The Morgan fingerprint density at radius 1 is 1.20 bits per heavy atom. The summed E-state index contributed by atoms with van der Waals surface area (Å²) < 4.78 is 6.28. The number of hydrogen-bond donors (Lipinski definition) is 1. The minimum Gasteiger partial charge on any atom is -0.444 e. The van der Waals surface area contributed by atoms with Gasteiger partial charge >= 0.3 is 6.09 Å². The van der Waals surface area contributed by atoms with Gasteiger partial charge in [0.05, 0.1) is 0 Å². The highest BCUT2D eigenvalue weighted by molar-refractivity contribution is 9.10. The SMILES string of the molecule is CC(C)(C)OC(=O)N1CCN(CCNC(=O)c2cccc(Br)c2)CC1. The number of hydrogen-bond acceptors (Lipinski definition) is 4. The summed E-state index contributed by atoms with van der Waals surface area (Å²) in [6, 6.07) is 7.32. The summed E-state index contributed by atoms with van der Waals surface area (Å²) in [6.45, 7) is 9.82. The fourth-order valence-electron chi connectivity index (χ4n) is 2.54. The molecule has 1 heterocycles. The molecule has 7 heteroatoms. The van der Waals surface area contributed by atoms with E-state index >= 15 is 0 Å². The van der Waals surface area contributed by atoms with Crippen LogP contribution in [0.15, 0.2) is 28.7 Å². The molecule has 25 heavy (non-hydrogen) atoms. The largest absolute Gasteiger partial charge is 0.444 e. The van der Waals surface area contributed by atoms with E-state index in [-0.39, 0.29) is 12.0 Å². The predicted octanol–water partition coefficient (Wildman–Crippen LogP) is 2.73. The summed E-state index contributed by atoms with van der Waals surface area (Å²) in [5.41, 5.74) is 0.175. The van der Waals surface area contributed by atoms with Crippen LogP contribution in [0.2, 0.25) is 0 Å². The van der Waals surface area contributed by atoms with Crippen LogP contribution in [0.3, 0.4) is 0 Å². The van der Waals surface area contributed by atoms with Crippen molar-refractivity contribution in [2.45, 2.75) is 26.4 Å². The van der Waals surface area contributed by atoms with E-state index < -0.39 is 5.60 Å². The monoisotopic (exact) mass is 411 g/mol. The first-order valence-electron chi connectivity index (χ1n) is 8.49. The number of piperazine rings is 1. The summed E-state index contributed by atoms with van der Waals surface area (Å²) in [6.07, 6.45) is -0.255. The smallest absolute Gasteiger partial charge is 0.410 e. The van der Waals surface area contributed by atoms with Crippen molar-refractivity contribution in [3.63, 3.8) is 0 Å². The van der Waals surface area contributed by atoms with E-state index in [9.17, 15) is 9.59 Å². The Labute approximate surface area is 157 Å². The second kappa shape index (κ2) is 8.67. The van der Waals surface area contributed by atoms with Gasteiger partial charge in [-0.25, -0.2) is 4.79 Å². The second-order valence-electron chi connectivity index (χ2n) is 7.08. The van der Waals surface area contributed by atoms with Gasteiger partial charge in [0.2, 0.25) is 0 Å². The van der Waals surface area contributed by atoms with E-state index in [2.05, 4.69) is 26.1 Å². The summed E-state index contributed by atoms with van der Waals surface area (Å²) in [5, 5.41) is 2.93. The zero-order valence-corrected chi connectivity index (χ0v) is 16.6. The minimum atomic E-state index is -0.467. The first-order chi connectivity index (χ1) is 11.7. The van der Waals surface area contributed by atoms with E-state index in [1.807, 2.05) is 32.9 Å². The maximum absolute atomic E-state index is 12.1. The van der Waals surface area contributed by atoms with Gasteiger partial charge in [0.15, 0.2) is 0 Å². The molecule has 2 rings (SSSR count). The first-order valence-corrected chi connectivity index (χ1v) is 9.28. The molecule has 0 aliphatic carbocycles. The number of nitrogens with one attached hydrogen (secondary N) is 1. The van der Waals surface area contributed by atoms with E-state index in [0.717, 1.165) is 24.1 Å². The normalized spacial score (nSPS) is 15.8. The van der Waals surface area contributed by atoms with Gasteiger partial charge < -0.3 is 15.0 Å². The maximum atomic E-state index is 12.1. The molecule has 1 N–H and O–H groups in total. The standard InChI is InChI=1S/C18H26BrN3O3/c1-18(2,3)25-17(24)22-11-9-21(10-12-22)8-7-20-16(23)14-5-4-6-15(19)13-14/h4-6,13H,7-12H2,1-3H3,(H,20,23). The Balaban J connectivity index is 1.69. The van der Waals surface area contributed by atoms with Crippen LogP contribution in [0.4, 0.5) is 4.79 Å². The molecular formula is C18H26BrN3O3. The van der Waals surface area contributed by atoms with Crippen LogP contribution in [0.25, 0.3) is 0 Å². The highest BCUT2D eigenvalue weighted by Gasteiger charge is 2.25.